The second-order valence-corrected chi connectivity index (χ2v) is 8.38. The Balaban J connectivity index is 1.47. The summed E-state index contributed by atoms with van der Waals surface area (Å²) in [5.41, 5.74) is 4.66. The van der Waals surface area contributed by atoms with Crippen molar-refractivity contribution in [3.63, 3.8) is 0 Å². The number of nitrogens with one attached hydrogen (secondary N) is 2. The topological polar surface area (TPSA) is 96.9 Å². The third-order valence-electron chi connectivity index (χ3n) is 5.29. The predicted octanol–water partition coefficient (Wildman–Crippen LogP) is 4.90. The van der Waals surface area contributed by atoms with Crippen molar-refractivity contribution in [1.29, 1.82) is 0 Å². The van der Waals surface area contributed by atoms with Crippen LogP contribution in [-0.2, 0) is 4.79 Å². The van der Waals surface area contributed by atoms with E-state index in [-0.39, 0.29) is 18.2 Å². The number of hydrogen-bond acceptors (Lipinski definition) is 5. The smallest absolute Gasteiger partial charge is 0.343 e. The predicted molar refractivity (Wildman–Crippen MR) is 140 cm³/mol. The van der Waals surface area contributed by atoms with Gasteiger partial charge in [-0.25, -0.2) is 10.2 Å². The molecule has 4 aromatic rings. The van der Waals surface area contributed by atoms with E-state index in [0.717, 1.165) is 16.3 Å². The number of aryl methyl sites for hydroxylation is 1. The molecule has 7 nitrogen and oxygen atoms in total. The van der Waals surface area contributed by atoms with Crippen LogP contribution in [-0.4, -0.2) is 30.5 Å². The van der Waals surface area contributed by atoms with Gasteiger partial charge in [0.05, 0.1) is 18.3 Å². The number of benzene rings is 4. The SMILES string of the molecule is Cc1cccc(C(=O)NCC(=O)N/N=C\c2c(OC(=O)c3ccc(Cl)cc3)ccc3ccccc23)c1. The van der Waals surface area contributed by atoms with Crippen LogP contribution in [0.1, 0.15) is 31.8 Å². The Hall–Kier alpha value is -4.49. The molecule has 0 aliphatic carbocycles. The van der Waals surface area contributed by atoms with Gasteiger partial charge >= 0.3 is 5.97 Å². The first kappa shape index (κ1) is 24.6. The molecular weight excluding hydrogens is 478 g/mol. The average molecular weight is 500 g/mol. The lowest BCUT2D eigenvalue weighted by Crippen LogP contribution is -2.34. The average Bonchev–Trinajstić information content (AvgIpc) is 2.88. The molecule has 2 N–H and O–H groups in total. The maximum Gasteiger partial charge on any atom is 0.343 e. The van der Waals surface area contributed by atoms with Gasteiger partial charge < -0.3 is 10.1 Å². The fourth-order valence-electron chi connectivity index (χ4n) is 3.50. The van der Waals surface area contributed by atoms with E-state index in [1.807, 2.05) is 43.3 Å². The molecule has 0 unspecified atom stereocenters. The molecule has 0 spiro atoms. The second kappa shape index (κ2) is 11.3. The summed E-state index contributed by atoms with van der Waals surface area (Å²) in [6.07, 6.45) is 1.41. The molecule has 0 saturated carbocycles. The lowest BCUT2D eigenvalue weighted by atomic mass is 10.0. The van der Waals surface area contributed by atoms with Crippen molar-refractivity contribution in [2.24, 2.45) is 5.10 Å². The summed E-state index contributed by atoms with van der Waals surface area (Å²) in [6.45, 7) is 1.63. The highest BCUT2D eigenvalue weighted by Gasteiger charge is 2.14. The Labute approximate surface area is 212 Å². The van der Waals surface area contributed by atoms with Gasteiger partial charge in [0, 0.05) is 16.1 Å². The van der Waals surface area contributed by atoms with Crippen molar-refractivity contribution >= 4 is 46.4 Å². The van der Waals surface area contributed by atoms with Crippen LogP contribution in [0.5, 0.6) is 5.75 Å². The van der Waals surface area contributed by atoms with Crippen LogP contribution in [0.3, 0.4) is 0 Å². The third kappa shape index (κ3) is 6.14. The minimum absolute atomic E-state index is 0.252. The standard InChI is InChI=1S/C28H22ClN3O4/c1-18-5-4-7-21(15-18)27(34)30-17-26(33)32-31-16-24-23-8-3-2-6-19(23)11-14-25(24)36-28(35)20-9-12-22(29)13-10-20/h2-16H,17H2,1H3,(H,30,34)(H,32,33)/b31-16-. The van der Waals surface area contributed by atoms with Crippen molar-refractivity contribution in [3.8, 4) is 5.75 Å². The van der Waals surface area contributed by atoms with Crippen LogP contribution in [0, 0.1) is 6.92 Å². The summed E-state index contributed by atoms with van der Waals surface area (Å²) in [7, 11) is 0. The maximum atomic E-state index is 12.7. The Morgan fingerprint density at radius 3 is 2.47 bits per heavy atom. The molecule has 4 rings (SSSR count). The van der Waals surface area contributed by atoms with Crippen LogP contribution in [0.2, 0.25) is 5.02 Å². The summed E-state index contributed by atoms with van der Waals surface area (Å²) >= 11 is 5.90. The Morgan fingerprint density at radius 1 is 0.917 bits per heavy atom. The van der Waals surface area contributed by atoms with Gasteiger partial charge in [0.25, 0.3) is 11.8 Å². The van der Waals surface area contributed by atoms with Crippen LogP contribution in [0.15, 0.2) is 90.0 Å². The van der Waals surface area contributed by atoms with E-state index in [2.05, 4.69) is 15.8 Å². The quantitative estimate of drug-likeness (QED) is 0.163. The number of nitrogens with zero attached hydrogens (tertiary/aromatic N) is 1. The molecule has 0 atom stereocenters. The molecule has 2 amide bonds. The van der Waals surface area contributed by atoms with E-state index in [0.29, 0.717) is 21.7 Å². The first-order valence-corrected chi connectivity index (χ1v) is 11.4. The van der Waals surface area contributed by atoms with Gasteiger partial charge in [-0.3, -0.25) is 9.59 Å². The zero-order valence-corrected chi connectivity index (χ0v) is 20.1. The fourth-order valence-corrected chi connectivity index (χ4v) is 3.63. The first-order valence-electron chi connectivity index (χ1n) is 11.1. The van der Waals surface area contributed by atoms with Crippen molar-refractivity contribution in [3.05, 3.63) is 112 Å². The van der Waals surface area contributed by atoms with E-state index in [9.17, 15) is 14.4 Å². The number of carbonyl (C=O) groups excluding carboxylic acids is 3. The molecule has 8 heteroatoms. The zero-order chi connectivity index (χ0) is 25.5. The molecule has 0 heterocycles. The van der Waals surface area contributed by atoms with Crippen molar-refractivity contribution in [2.45, 2.75) is 6.92 Å². The molecule has 4 aromatic carbocycles. The molecule has 0 bridgehead atoms. The van der Waals surface area contributed by atoms with Crippen molar-refractivity contribution < 1.29 is 19.1 Å². The van der Waals surface area contributed by atoms with E-state index in [1.165, 1.54) is 6.21 Å². The molecule has 0 aliphatic heterocycles. The number of halogens is 1. The number of hydrogen-bond donors (Lipinski definition) is 2. The van der Waals surface area contributed by atoms with E-state index < -0.39 is 11.9 Å². The Kier molecular flexibility index (Phi) is 7.72. The molecule has 0 saturated heterocycles. The minimum atomic E-state index is -0.556. The number of fused-ring (bicyclic) bond motifs is 1. The van der Waals surface area contributed by atoms with Gasteiger partial charge in [-0.05, 0) is 60.2 Å². The monoisotopic (exact) mass is 499 g/mol. The number of esters is 1. The molecule has 0 aromatic heterocycles. The summed E-state index contributed by atoms with van der Waals surface area (Å²) in [4.78, 5) is 37.1. The molecule has 0 fully saturated rings. The van der Waals surface area contributed by atoms with Gasteiger partial charge in [-0.15, -0.1) is 0 Å². The first-order chi connectivity index (χ1) is 17.4. The molecule has 180 valence electrons. The van der Waals surface area contributed by atoms with E-state index in [4.69, 9.17) is 16.3 Å². The third-order valence-corrected chi connectivity index (χ3v) is 5.54. The normalized spacial score (nSPS) is 10.8. The molecule has 0 aliphatic rings. The van der Waals surface area contributed by atoms with Crippen molar-refractivity contribution in [2.75, 3.05) is 6.54 Å². The summed E-state index contributed by atoms with van der Waals surface area (Å²) in [6, 6.07) is 24.4. The lowest BCUT2D eigenvalue weighted by Gasteiger charge is -2.11. The van der Waals surface area contributed by atoms with E-state index >= 15 is 0 Å². The van der Waals surface area contributed by atoms with Crippen LogP contribution in [0.25, 0.3) is 10.8 Å². The number of rotatable bonds is 7. The Morgan fingerprint density at radius 2 is 1.69 bits per heavy atom. The number of hydrazone groups is 1. The van der Waals surface area contributed by atoms with Crippen LogP contribution in [0.4, 0.5) is 0 Å². The molecule has 36 heavy (non-hydrogen) atoms. The highest BCUT2D eigenvalue weighted by Crippen LogP contribution is 2.27. The van der Waals surface area contributed by atoms with Gasteiger partial charge in [0.15, 0.2) is 0 Å². The summed E-state index contributed by atoms with van der Waals surface area (Å²) in [5, 5.41) is 8.78. The number of ether oxygens (including phenoxy) is 1. The highest BCUT2D eigenvalue weighted by molar-refractivity contribution is 6.30. The lowest BCUT2D eigenvalue weighted by molar-refractivity contribution is -0.120. The van der Waals surface area contributed by atoms with Gasteiger partial charge in [0.1, 0.15) is 5.75 Å². The highest BCUT2D eigenvalue weighted by atomic mass is 35.5. The van der Waals surface area contributed by atoms with Gasteiger partial charge in [-0.2, -0.15) is 5.10 Å². The number of amides is 2. The maximum absolute atomic E-state index is 12.7. The van der Waals surface area contributed by atoms with Crippen molar-refractivity contribution in [1.82, 2.24) is 10.7 Å². The van der Waals surface area contributed by atoms with Gasteiger partial charge in [-0.1, -0.05) is 59.6 Å². The fraction of sp³-hybridized carbons (Fsp3) is 0.0714. The minimum Gasteiger partial charge on any atom is -0.422 e. The summed E-state index contributed by atoms with van der Waals surface area (Å²) < 4.78 is 5.63. The van der Waals surface area contributed by atoms with Crippen LogP contribution < -0.4 is 15.5 Å². The van der Waals surface area contributed by atoms with E-state index in [1.54, 1.807) is 48.5 Å². The van der Waals surface area contributed by atoms with Crippen LogP contribution >= 0.6 is 11.6 Å². The number of carbonyl (C=O) groups is 3. The molecule has 0 radical (unpaired) electrons. The largest absolute Gasteiger partial charge is 0.422 e. The van der Waals surface area contributed by atoms with Gasteiger partial charge in [0.2, 0.25) is 0 Å². The molecular formula is C28H22ClN3O4. The summed E-state index contributed by atoms with van der Waals surface area (Å²) in [5.74, 6) is -1.14. The zero-order valence-electron chi connectivity index (χ0n) is 19.3. The second-order valence-electron chi connectivity index (χ2n) is 7.94. The Bertz CT molecular complexity index is 1470.